The molecule has 1 aromatic rings. The van der Waals surface area contributed by atoms with Crippen LogP contribution in [0.2, 0.25) is 0 Å². The second kappa shape index (κ2) is 9.74. The normalized spacial score (nSPS) is 22.7. The van der Waals surface area contributed by atoms with Crippen molar-refractivity contribution in [2.24, 2.45) is 11.8 Å². The van der Waals surface area contributed by atoms with Crippen LogP contribution in [0.3, 0.4) is 0 Å². The molecule has 4 rings (SSSR count). The number of hydrogen-bond acceptors (Lipinski definition) is 4. The lowest BCUT2D eigenvalue weighted by Crippen LogP contribution is -2.72. The van der Waals surface area contributed by atoms with Gasteiger partial charge in [-0.2, -0.15) is 13.2 Å². The quantitative estimate of drug-likeness (QED) is 0.682. The smallest absolute Gasteiger partial charge is 0.475 e. The number of piperidine rings is 1. The fraction of sp³-hybridized carbons (Fsp3) is 0.636. The van der Waals surface area contributed by atoms with Crippen LogP contribution >= 0.6 is 0 Å². The van der Waals surface area contributed by atoms with E-state index in [1.807, 2.05) is 0 Å². The van der Waals surface area contributed by atoms with Crippen molar-refractivity contribution in [2.45, 2.75) is 37.4 Å². The Labute approximate surface area is 184 Å². The van der Waals surface area contributed by atoms with Crippen molar-refractivity contribution in [1.82, 2.24) is 9.80 Å². The van der Waals surface area contributed by atoms with Gasteiger partial charge in [-0.25, -0.2) is 9.18 Å². The van der Waals surface area contributed by atoms with Gasteiger partial charge in [0, 0.05) is 26.3 Å². The first-order chi connectivity index (χ1) is 15.0. The highest BCUT2D eigenvalue weighted by Gasteiger charge is 2.51. The van der Waals surface area contributed by atoms with Gasteiger partial charge in [0.05, 0.1) is 11.1 Å². The molecule has 1 spiro atoms. The highest BCUT2D eigenvalue weighted by molar-refractivity contribution is 5.95. The maximum absolute atomic E-state index is 13.9. The first-order valence-corrected chi connectivity index (χ1v) is 10.6. The lowest BCUT2D eigenvalue weighted by Gasteiger charge is -2.58. The van der Waals surface area contributed by atoms with Gasteiger partial charge in [-0.3, -0.25) is 9.69 Å². The molecule has 178 valence electrons. The van der Waals surface area contributed by atoms with Crippen molar-refractivity contribution in [3.05, 3.63) is 35.6 Å². The van der Waals surface area contributed by atoms with Crippen molar-refractivity contribution in [1.29, 1.82) is 0 Å². The van der Waals surface area contributed by atoms with E-state index in [-0.39, 0.29) is 17.0 Å². The molecule has 1 aliphatic carbocycles. The number of carbonyl (C=O) groups excluding carboxylic acids is 1. The molecule has 1 saturated carbocycles. The Morgan fingerprint density at radius 1 is 1.12 bits per heavy atom. The van der Waals surface area contributed by atoms with Gasteiger partial charge in [0.25, 0.3) is 5.91 Å². The maximum Gasteiger partial charge on any atom is 0.490 e. The lowest BCUT2D eigenvalue weighted by atomic mass is 9.75. The van der Waals surface area contributed by atoms with Crippen molar-refractivity contribution in [2.75, 3.05) is 39.9 Å². The summed E-state index contributed by atoms with van der Waals surface area (Å²) in [5.74, 6) is -2.01. The average Bonchev–Trinajstić information content (AvgIpc) is 3.51. The summed E-state index contributed by atoms with van der Waals surface area (Å²) in [6.45, 7) is 4.18. The predicted octanol–water partition coefficient (Wildman–Crippen LogP) is 3.42. The summed E-state index contributed by atoms with van der Waals surface area (Å²) < 4.78 is 51.5. The van der Waals surface area contributed by atoms with E-state index in [1.54, 1.807) is 23.1 Å². The van der Waals surface area contributed by atoms with Crippen LogP contribution in [0.25, 0.3) is 0 Å². The molecule has 1 N–H and O–H groups in total. The van der Waals surface area contributed by atoms with Crippen molar-refractivity contribution in [3.63, 3.8) is 0 Å². The topological polar surface area (TPSA) is 70.1 Å². The Hall–Kier alpha value is -2.20. The lowest BCUT2D eigenvalue weighted by molar-refractivity contribution is -0.192. The Balaban J connectivity index is 0.000000360. The molecule has 1 aromatic carbocycles. The van der Waals surface area contributed by atoms with E-state index in [0.717, 1.165) is 38.5 Å². The minimum absolute atomic E-state index is 0.0484. The number of carboxylic acid groups (broad SMARTS) is 1. The fourth-order valence-corrected chi connectivity index (χ4v) is 4.22. The monoisotopic (exact) mass is 460 g/mol. The Kier molecular flexibility index (Phi) is 7.44. The van der Waals surface area contributed by atoms with E-state index in [9.17, 15) is 22.4 Å². The van der Waals surface area contributed by atoms with E-state index >= 15 is 0 Å². The van der Waals surface area contributed by atoms with E-state index in [0.29, 0.717) is 19.0 Å². The summed E-state index contributed by atoms with van der Waals surface area (Å²) in [6, 6.07) is 6.25. The van der Waals surface area contributed by atoms with Gasteiger partial charge in [0.1, 0.15) is 5.82 Å². The Morgan fingerprint density at radius 3 is 2.28 bits per heavy atom. The molecule has 1 amide bonds. The standard InChI is InChI=1S/C20H27FN2O2.C2HF3O2/c1-22-9-8-16(12-25-11-15-6-7-15)10-20(22)13-23(14-20)19(24)17-4-2-3-5-18(17)21;3-2(4,5)1(6)7/h2-5,15-16H,6-14H2,1H3;(H,6,7). The number of aliphatic carboxylic acids is 1. The number of carbonyl (C=O) groups is 2. The second-order valence-electron chi connectivity index (χ2n) is 8.93. The number of rotatable bonds is 5. The van der Waals surface area contributed by atoms with E-state index in [4.69, 9.17) is 14.6 Å². The molecule has 2 saturated heterocycles. The van der Waals surface area contributed by atoms with Crippen molar-refractivity contribution in [3.8, 4) is 0 Å². The van der Waals surface area contributed by atoms with Crippen LogP contribution in [0.5, 0.6) is 0 Å². The maximum atomic E-state index is 13.9. The summed E-state index contributed by atoms with van der Waals surface area (Å²) in [5, 5.41) is 7.12. The van der Waals surface area contributed by atoms with Gasteiger partial charge in [-0.15, -0.1) is 0 Å². The van der Waals surface area contributed by atoms with E-state index in [1.165, 1.54) is 18.9 Å². The largest absolute Gasteiger partial charge is 0.490 e. The highest BCUT2D eigenvalue weighted by atomic mass is 19.4. The zero-order valence-corrected chi connectivity index (χ0v) is 17.9. The van der Waals surface area contributed by atoms with Crippen LogP contribution in [-0.4, -0.2) is 78.4 Å². The number of likely N-dealkylation sites (N-methyl/N-ethyl adjacent to an activating group) is 1. The third-order valence-corrected chi connectivity index (χ3v) is 6.36. The fourth-order valence-electron chi connectivity index (χ4n) is 4.22. The van der Waals surface area contributed by atoms with Crippen LogP contribution in [0, 0.1) is 17.7 Å². The number of carboxylic acids is 1. The van der Waals surface area contributed by atoms with E-state index < -0.39 is 18.0 Å². The third kappa shape index (κ3) is 5.98. The van der Waals surface area contributed by atoms with Gasteiger partial charge in [-0.1, -0.05) is 12.1 Å². The minimum Gasteiger partial charge on any atom is -0.475 e. The minimum atomic E-state index is -5.08. The Morgan fingerprint density at radius 2 is 1.72 bits per heavy atom. The van der Waals surface area contributed by atoms with Crippen LogP contribution in [0.15, 0.2) is 24.3 Å². The first kappa shape index (κ1) is 24.4. The summed E-state index contributed by atoms with van der Waals surface area (Å²) in [5.41, 5.74) is 0.229. The molecule has 0 aromatic heterocycles. The number of amides is 1. The van der Waals surface area contributed by atoms with Gasteiger partial charge in [-0.05, 0) is 63.2 Å². The van der Waals surface area contributed by atoms with Crippen molar-refractivity contribution >= 4 is 11.9 Å². The molecule has 0 bridgehead atoms. The second-order valence-corrected chi connectivity index (χ2v) is 8.93. The summed E-state index contributed by atoms with van der Waals surface area (Å²) in [6.07, 6.45) is -0.214. The average molecular weight is 460 g/mol. The predicted molar refractivity (Wildman–Crippen MR) is 108 cm³/mol. The number of hydrogen-bond donors (Lipinski definition) is 1. The molecule has 2 aliphatic heterocycles. The molecule has 3 fully saturated rings. The number of benzene rings is 1. The van der Waals surface area contributed by atoms with Crippen LogP contribution in [-0.2, 0) is 9.53 Å². The summed E-state index contributed by atoms with van der Waals surface area (Å²) >= 11 is 0. The molecule has 0 radical (unpaired) electrons. The molecule has 32 heavy (non-hydrogen) atoms. The summed E-state index contributed by atoms with van der Waals surface area (Å²) in [7, 11) is 2.15. The Bertz CT molecular complexity index is 822. The molecular formula is C22H28F4N2O4. The molecule has 2 heterocycles. The highest BCUT2D eigenvalue weighted by Crippen LogP contribution is 2.39. The first-order valence-electron chi connectivity index (χ1n) is 10.6. The number of likely N-dealkylation sites (tertiary alicyclic amines) is 2. The SMILES string of the molecule is CN1CCC(COCC2CC2)CC12CN(C(=O)c1ccccc1F)C2.O=C(O)C(F)(F)F. The van der Waals surface area contributed by atoms with Crippen LogP contribution < -0.4 is 0 Å². The van der Waals surface area contributed by atoms with Gasteiger partial charge >= 0.3 is 12.1 Å². The molecule has 3 aliphatic rings. The van der Waals surface area contributed by atoms with E-state index in [2.05, 4.69) is 11.9 Å². The number of ether oxygens (including phenoxy) is 1. The number of halogens is 4. The van der Waals surface area contributed by atoms with Gasteiger partial charge < -0.3 is 14.7 Å². The molecule has 10 heteroatoms. The van der Waals surface area contributed by atoms with Crippen molar-refractivity contribution < 1.29 is 37.0 Å². The molecule has 6 nitrogen and oxygen atoms in total. The number of nitrogens with zero attached hydrogens (tertiary/aromatic N) is 2. The number of alkyl halides is 3. The zero-order valence-electron chi connectivity index (χ0n) is 17.9. The van der Waals surface area contributed by atoms with Crippen LogP contribution in [0.4, 0.5) is 17.6 Å². The zero-order chi connectivity index (χ0) is 23.5. The van der Waals surface area contributed by atoms with Gasteiger partial charge in [0.15, 0.2) is 0 Å². The van der Waals surface area contributed by atoms with Gasteiger partial charge in [0.2, 0.25) is 0 Å². The molecular weight excluding hydrogens is 432 g/mol. The molecule has 1 unspecified atom stereocenters. The third-order valence-electron chi connectivity index (χ3n) is 6.36. The summed E-state index contributed by atoms with van der Waals surface area (Å²) in [4.78, 5) is 25.6. The van der Waals surface area contributed by atoms with Crippen LogP contribution in [0.1, 0.15) is 36.0 Å². The molecule has 1 atom stereocenters.